The third kappa shape index (κ3) is 6.04. The van der Waals surface area contributed by atoms with Gasteiger partial charge in [-0.2, -0.15) is 0 Å². The van der Waals surface area contributed by atoms with Gasteiger partial charge in [-0.1, -0.05) is 19.1 Å². The first-order chi connectivity index (χ1) is 10.3. The van der Waals surface area contributed by atoms with Gasteiger partial charge < -0.3 is 14.8 Å². The summed E-state index contributed by atoms with van der Waals surface area (Å²) in [5.41, 5.74) is 1.29. The number of hydrogen-bond donors (Lipinski definition) is 1. The lowest BCUT2D eigenvalue weighted by atomic mass is 10.2. The zero-order chi connectivity index (χ0) is 14.9. The van der Waals surface area contributed by atoms with Crippen molar-refractivity contribution in [2.24, 2.45) is 0 Å². The lowest BCUT2D eigenvalue weighted by Crippen LogP contribution is -2.33. The summed E-state index contributed by atoms with van der Waals surface area (Å²) < 4.78 is 11.5. The van der Waals surface area contributed by atoms with E-state index in [1.165, 1.54) is 5.56 Å². The van der Waals surface area contributed by atoms with Crippen LogP contribution >= 0.6 is 0 Å². The fourth-order valence-electron chi connectivity index (χ4n) is 2.55. The van der Waals surface area contributed by atoms with E-state index in [9.17, 15) is 0 Å². The van der Waals surface area contributed by atoms with Crippen molar-refractivity contribution < 1.29 is 9.47 Å². The van der Waals surface area contributed by atoms with Crippen molar-refractivity contribution in [2.45, 2.75) is 32.9 Å². The second kappa shape index (κ2) is 9.03. The van der Waals surface area contributed by atoms with Crippen molar-refractivity contribution in [1.82, 2.24) is 10.2 Å². The molecule has 1 unspecified atom stereocenters. The van der Waals surface area contributed by atoms with Gasteiger partial charge in [0.2, 0.25) is 0 Å². The summed E-state index contributed by atoms with van der Waals surface area (Å²) in [5.74, 6) is 0.953. The fraction of sp³-hybridized carbons (Fsp3) is 0.647. The lowest BCUT2D eigenvalue weighted by molar-refractivity contribution is 0.0658. The van der Waals surface area contributed by atoms with Gasteiger partial charge in [-0.3, -0.25) is 4.90 Å². The van der Waals surface area contributed by atoms with Crippen molar-refractivity contribution in [3.05, 3.63) is 29.8 Å². The van der Waals surface area contributed by atoms with Crippen LogP contribution in [0.5, 0.6) is 5.75 Å². The van der Waals surface area contributed by atoms with Crippen LogP contribution < -0.4 is 10.1 Å². The fourth-order valence-corrected chi connectivity index (χ4v) is 2.55. The predicted molar refractivity (Wildman–Crippen MR) is 85.8 cm³/mol. The van der Waals surface area contributed by atoms with Gasteiger partial charge in [0.05, 0.1) is 6.10 Å². The highest BCUT2D eigenvalue weighted by molar-refractivity contribution is 5.27. The molecule has 0 spiro atoms. The molecule has 1 N–H and O–H groups in total. The molecule has 1 aromatic rings. The molecule has 0 aliphatic carbocycles. The highest BCUT2D eigenvalue weighted by Crippen LogP contribution is 2.12. The minimum atomic E-state index is 0.331. The Kier molecular flexibility index (Phi) is 7.00. The molecule has 21 heavy (non-hydrogen) atoms. The van der Waals surface area contributed by atoms with Gasteiger partial charge in [0.25, 0.3) is 0 Å². The molecule has 0 radical (unpaired) electrons. The Balaban J connectivity index is 1.70. The lowest BCUT2D eigenvalue weighted by Gasteiger charge is -2.21. The molecule has 4 nitrogen and oxygen atoms in total. The summed E-state index contributed by atoms with van der Waals surface area (Å²) in [7, 11) is 0. The zero-order valence-corrected chi connectivity index (χ0v) is 13.3. The van der Waals surface area contributed by atoms with Crippen molar-refractivity contribution in [2.75, 3.05) is 39.4 Å². The van der Waals surface area contributed by atoms with E-state index in [1.54, 1.807) is 0 Å². The Morgan fingerprint density at radius 3 is 2.90 bits per heavy atom. The van der Waals surface area contributed by atoms with Crippen molar-refractivity contribution in [3.8, 4) is 5.75 Å². The first-order valence-corrected chi connectivity index (χ1v) is 8.04. The van der Waals surface area contributed by atoms with Gasteiger partial charge in [0, 0.05) is 32.8 Å². The molecule has 1 aliphatic heterocycles. The molecule has 118 valence electrons. The highest BCUT2D eigenvalue weighted by atomic mass is 16.5. The van der Waals surface area contributed by atoms with E-state index in [0.29, 0.717) is 6.10 Å². The number of ether oxygens (including phenoxy) is 2. The van der Waals surface area contributed by atoms with E-state index in [1.807, 2.05) is 0 Å². The first-order valence-electron chi connectivity index (χ1n) is 8.04. The SMILES string of the molecule is CCNCc1ccc(OCCN2CCCOC(C)C2)cc1. The number of benzene rings is 1. The normalized spacial score (nSPS) is 20.2. The largest absolute Gasteiger partial charge is 0.492 e. The smallest absolute Gasteiger partial charge is 0.119 e. The second-order valence-corrected chi connectivity index (χ2v) is 5.61. The first kappa shape index (κ1) is 16.3. The maximum Gasteiger partial charge on any atom is 0.119 e. The van der Waals surface area contributed by atoms with Gasteiger partial charge in [-0.15, -0.1) is 0 Å². The van der Waals surface area contributed by atoms with E-state index in [2.05, 4.69) is 48.3 Å². The summed E-state index contributed by atoms with van der Waals surface area (Å²) in [6.07, 6.45) is 1.45. The third-order valence-electron chi connectivity index (χ3n) is 3.72. The molecular weight excluding hydrogens is 264 g/mol. The van der Waals surface area contributed by atoms with Crippen LogP contribution in [0.3, 0.4) is 0 Å². The van der Waals surface area contributed by atoms with Gasteiger partial charge in [-0.25, -0.2) is 0 Å². The molecular formula is C17H28N2O2. The van der Waals surface area contributed by atoms with Gasteiger partial charge in [0.1, 0.15) is 12.4 Å². The van der Waals surface area contributed by atoms with Crippen LogP contribution in [0.15, 0.2) is 24.3 Å². The van der Waals surface area contributed by atoms with Crippen molar-refractivity contribution in [1.29, 1.82) is 0 Å². The Morgan fingerprint density at radius 1 is 1.33 bits per heavy atom. The Hall–Kier alpha value is -1.10. The summed E-state index contributed by atoms with van der Waals surface area (Å²) in [4.78, 5) is 2.43. The molecule has 2 rings (SSSR count). The van der Waals surface area contributed by atoms with Gasteiger partial charge >= 0.3 is 0 Å². The Labute approximate surface area is 128 Å². The van der Waals surface area contributed by atoms with E-state index < -0.39 is 0 Å². The van der Waals surface area contributed by atoms with Gasteiger partial charge in [-0.05, 0) is 37.6 Å². The van der Waals surface area contributed by atoms with E-state index in [0.717, 1.165) is 58.1 Å². The van der Waals surface area contributed by atoms with Crippen LogP contribution in [0, 0.1) is 0 Å². The second-order valence-electron chi connectivity index (χ2n) is 5.61. The number of nitrogens with zero attached hydrogens (tertiary/aromatic N) is 1. The van der Waals surface area contributed by atoms with Crippen LogP contribution in [0.4, 0.5) is 0 Å². The molecule has 0 aromatic heterocycles. The number of hydrogen-bond acceptors (Lipinski definition) is 4. The predicted octanol–water partition coefficient (Wildman–Crippen LogP) is 2.29. The van der Waals surface area contributed by atoms with E-state index in [-0.39, 0.29) is 0 Å². The quantitative estimate of drug-likeness (QED) is 0.836. The van der Waals surface area contributed by atoms with Crippen LogP contribution in [0.25, 0.3) is 0 Å². The third-order valence-corrected chi connectivity index (χ3v) is 3.72. The number of nitrogens with one attached hydrogen (secondary N) is 1. The standard InChI is InChI=1S/C17H28N2O2/c1-3-18-13-16-5-7-17(8-6-16)21-12-10-19-9-4-11-20-15(2)14-19/h5-8,15,18H,3-4,9-14H2,1-2H3. The maximum absolute atomic E-state index is 5.84. The minimum absolute atomic E-state index is 0.331. The van der Waals surface area contributed by atoms with E-state index >= 15 is 0 Å². The average molecular weight is 292 g/mol. The Bertz CT molecular complexity index is 394. The summed E-state index contributed by atoms with van der Waals surface area (Å²) >= 11 is 0. The van der Waals surface area contributed by atoms with Crippen molar-refractivity contribution >= 4 is 0 Å². The minimum Gasteiger partial charge on any atom is -0.492 e. The molecule has 0 bridgehead atoms. The highest BCUT2D eigenvalue weighted by Gasteiger charge is 2.14. The summed E-state index contributed by atoms with van der Waals surface area (Å²) in [5, 5.41) is 3.32. The molecule has 0 amide bonds. The average Bonchev–Trinajstić information content (AvgIpc) is 2.71. The topological polar surface area (TPSA) is 33.7 Å². The molecule has 1 saturated heterocycles. The van der Waals surface area contributed by atoms with Crippen LogP contribution in [-0.4, -0.2) is 50.4 Å². The molecule has 1 aliphatic rings. The molecule has 0 saturated carbocycles. The van der Waals surface area contributed by atoms with Gasteiger partial charge in [0.15, 0.2) is 0 Å². The monoisotopic (exact) mass is 292 g/mol. The molecule has 1 atom stereocenters. The summed E-state index contributed by atoms with van der Waals surface area (Å²) in [6, 6.07) is 8.36. The summed E-state index contributed by atoms with van der Waals surface area (Å²) in [6.45, 7) is 10.9. The van der Waals surface area contributed by atoms with E-state index in [4.69, 9.17) is 9.47 Å². The van der Waals surface area contributed by atoms with Crippen LogP contribution in [-0.2, 0) is 11.3 Å². The molecule has 1 fully saturated rings. The molecule has 1 heterocycles. The maximum atomic E-state index is 5.84. The number of rotatable bonds is 7. The van der Waals surface area contributed by atoms with Crippen LogP contribution in [0.1, 0.15) is 25.8 Å². The molecule has 1 aromatic carbocycles. The molecule has 4 heteroatoms. The Morgan fingerprint density at radius 2 is 2.14 bits per heavy atom. The van der Waals surface area contributed by atoms with Crippen molar-refractivity contribution in [3.63, 3.8) is 0 Å². The van der Waals surface area contributed by atoms with Crippen LogP contribution in [0.2, 0.25) is 0 Å². The zero-order valence-electron chi connectivity index (χ0n) is 13.3.